The third-order valence-electron chi connectivity index (χ3n) is 2.85. The summed E-state index contributed by atoms with van der Waals surface area (Å²) in [6.07, 6.45) is 9.31. The zero-order chi connectivity index (χ0) is 12.0. The topological polar surface area (TPSA) is 26.3 Å². The third-order valence-corrected chi connectivity index (χ3v) is 2.85. The van der Waals surface area contributed by atoms with Crippen LogP contribution in [-0.2, 0) is 9.53 Å². The molecule has 0 saturated heterocycles. The van der Waals surface area contributed by atoms with Gasteiger partial charge in [-0.2, -0.15) is 0 Å². The first-order valence-electron chi connectivity index (χ1n) is 6.21. The van der Waals surface area contributed by atoms with Crippen LogP contribution in [0.1, 0.15) is 59.3 Å². The highest BCUT2D eigenvalue weighted by Gasteiger charge is 2.14. The molecule has 0 fully saturated rings. The molecule has 0 aliphatic heterocycles. The van der Waals surface area contributed by atoms with Gasteiger partial charge in [-0.25, -0.2) is 0 Å². The van der Waals surface area contributed by atoms with E-state index in [1.807, 2.05) is 13.0 Å². The van der Waals surface area contributed by atoms with Gasteiger partial charge in [0.2, 0.25) is 0 Å². The maximum Gasteiger partial charge on any atom is 0.308 e. The number of carbonyl (C=O) groups is 1. The molecule has 16 heavy (non-hydrogen) atoms. The maximum atomic E-state index is 10.9. The Morgan fingerprint density at radius 3 is 2.75 bits per heavy atom. The minimum Gasteiger partial charge on any atom is -0.427 e. The molecular formula is C14H22O2. The number of hydrogen-bond donors (Lipinski definition) is 0. The molecule has 1 rings (SSSR count). The molecule has 0 heterocycles. The fourth-order valence-electron chi connectivity index (χ4n) is 2.00. The van der Waals surface area contributed by atoms with Crippen LogP contribution in [0.2, 0.25) is 0 Å². The second-order valence-electron chi connectivity index (χ2n) is 4.53. The molecular weight excluding hydrogens is 200 g/mol. The zero-order valence-electron chi connectivity index (χ0n) is 10.6. The largest absolute Gasteiger partial charge is 0.427 e. The molecule has 0 bridgehead atoms. The van der Waals surface area contributed by atoms with Crippen LogP contribution < -0.4 is 0 Å². The highest BCUT2D eigenvalue weighted by molar-refractivity contribution is 5.68. The molecule has 0 amide bonds. The molecule has 0 aromatic heterocycles. The normalized spacial score (nSPS) is 15.3. The first-order chi connectivity index (χ1) is 7.63. The van der Waals surface area contributed by atoms with Crippen molar-refractivity contribution >= 4 is 5.97 Å². The van der Waals surface area contributed by atoms with Crippen molar-refractivity contribution < 1.29 is 9.53 Å². The number of ether oxygens (including phenoxy) is 1. The van der Waals surface area contributed by atoms with Crippen molar-refractivity contribution in [2.75, 3.05) is 0 Å². The highest BCUT2D eigenvalue weighted by Crippen LogP contribution is 2.29. The summed E-state index contributed by atoms with van der Waals surface area (Å²) >= 11 is 0. The van der Waals surface area contributed by atoms with Crippen molar-refractivity contribution in [1.82, 2.24) is 0 Å². The molecule has 0 unspecified atom stereocenters. The van der Waals surface area contributed by atoms with Gasteiger partial charge < -0.3 is 4.74 Å². The van der Waals surface area contributed by atoms with E-state index in [1.54, 1.807) is 0 Å². The number of carbonyl (C=O) groups excluding carboxylic acids is 1. The number of rotatable bonds is 6. The summed E-state index contributed by atoms with van der Waals surface area (Å²) in [5.41, 5.74) is 2.59. The summed E-state index contributed by atoms with van der Waals surface area (Å²) in [5, 5.41) is 0. The van der Waals surface area contributed by atoms with Crippen LogP contribution >= 0.6 is 0 Å². The lowest BCUT2D eigenvalue weighted by Gasteiger charge is -2.01. The number of esters is 1. The van der Waals surface area contributed by atoms with Gasteiger partial charge in [-0.1, -0.05) is 31.8 Å². The molecule has 0 atom stereocenters. The van der Waals surface area contributed by atoms with E-state index in [2.05, 4.69) is 6.92 Å². The zero-order valence-corrected chi connectivity index (χ0v) is 10.6. The van der Waals surface area contributed by atoms with Crippen LogP contribution in [0.15, 0.2) is 23.0 Å². The number of allylic oxidation sites excluding steroid dienone is 3. The minimum atomic E-state index is -0.224. The number of unbranched alkanes of at least 4 members (excludes halogenated alkanes) is 3. The Morgan fingerprint density at radius 1 is 1.38 bits per heavy atom. The summed E-state index contributed by atoms with van der Waals surface area (Å²) in [6, 6.07) is 0. The second kappa shape index (κ2) is 6.51. The average molecular weight is 222 g/mol. The summed E-state index contributed by atoms with van der Waals surface area (Å²) < 4.78 is 5.15. The molecule has 2 nitrogen and oxygen atoms in total. The molecule has 0 spiro atoms. The van der Waals surface area contributed by atoms with E-state index in [4.69, 9.17) is 4.74 Å². The molecule has 0 aromatic carbocycles. The lowest BCUT2D eigenvalue weighted by Crippen LogP contribution is -1.96. The predicted octanol–water partition coefficient (Wildman–Crippen LogP) is 4.12. The Morgan fingerprint density at radius 2 is 2.12 bits per heavy atom. The summed E-state index contributed by atoms with van der Waals surface area (Å²) in [7, 11) is 0. The van der Waals surface area contributed by atoms with Gasteiger partial charge in [0.15, 0.2) is 0 Å². The summed E-state index contributed by atoms with van der Waals surface area (Å²) in [6.45, 7) is 5.71. The molecule has 0 N–H and O–H groups in total. The lowest BCUT2D eigenvalue weighted by atomic mass is 10.0. The first-order valence-corrected chi connectivity index (χ1v) is 6.21. The van der Waals surface area contributed by atoms with Crippen LogP contribution in [0.25, 0.3) is 0 Å². The first kappa shape index (κ1) is 13.0. The van der Waals surface area contributed by atoms with Crippen LogP contribution in [0.4, 0.5) is 0 Å². The maximum absolute atomic E-state index is 10.9. The van der Waals surface area contributed by atoms with Crippen molar-refractivity contribution in [1.29, 1.82) is 0 Å². The van der Waals surface area contributed by atoms with Crippen LogP contribution in [0.3, 0.4) is 0 Å². The molecule has 0 radical (unpaired) electrons. The van der Waals surface area contributed by atoms with E-state index in [0.29, 0.717) is 0 Å². The Balaban J connectivity index is 2.35. The van der Waals surface area contributed by atoms with Gasteiger partial charge >= 0.3 is 5.97 Å². The lowest BCUT2D eigenvalue weighted by molar-refractivity contribution is -0.136. The molecule has 1 aliphatic rings. The van der Waals surface area contributed by atoms with E-state index >= 15 is 0 Å². The fourth-order valence-corrected chi connectivity index (χ4v) is 2.00. The Labute approximate surface area is 98.4 Å². The average Bonchev–Trinajstić information content (AvgIpc) is 2.54. The third kappa shape index (κ3) is 4.21. The molecule has 90 valence electrons. The Kier molecular flexibility index (Phi) is 5.30. The summed E-state index contributed by atoms with van der Waals surface area (Å²) in [5.74, 6) is 0.552. The fraction of sp³-hybridized carbons (Fsp3) is 0.643. The molecule has 0 saturated carbocycles. The van der Waals surface area contributed by atoms with Gasteiger partial charge in [-0.05, 0) is 37.8 Å². The SMILES string of the molecule is CCCCCCC1=CC(OC(C)=O)=C(C)C1. The van der Waals surface area contributed by atoms with Crippen molar-refractivity contribution in [3.05, 3.63) is 23.0 Å². The Bertz CT molecular complexity index is 311. The van der Waals surface area contributed by atoms with Gasteiger partial charge in [0.05, 0.1) is 0 Å². The van der Waals surface area contributed by atoms with Crippen LogP contribution in [0, 0.1) is 0 Å². The minimum absolute atomic E-state index is 0.224. The quantitative estimate of drug-likeness (QED) is 0.499. The van der Waals surface area contributed by atoms with E-state index in [-0.39, 0.29) is 5.97 Å². The van der Waals surface area contributed by atoms with Gasteiger partial charge in [0.25, 0.3) is 0 Å². The van der Waals surface area contributed by atoms with E-state index in [1.165, 1.54) is 43.8 Å². The Hall–Kier alpha value is -1.05. The second-order valence-corrected chi connectivity index (χ2v) is 4.53. The van der Waals surface area contributed by atoms with Crippen LogP contribution in [0.5, 0.6) is 0 Å². The molecule has 1 aliphatic carbocycles. The van der Waals surface area contributed by atoms with Gasteiger partial charge in [0.1, 0.15) is 5.76 Å². The van der Waals surface area contributed by atoms with Gasteiger partial charge in [-0.3, -0.25) is 4.79 Å². The van der Waals surface area contributed by atoms with E-state index < -0.39 is 0 Å². The van der Waals surface area contributed by atoms with Gasteiger partial charge in [0, 0.05) is 6.92 Å². The van der Waals surface area contributed by atoms with Crippen molar-refractivity contribution in [2.24, 2.45) is 0 Å². The van der Waals surface area contributed by atoms with Gasteiger partial charge in [-0.15, -0.1) is 0 Å². The summed E-state index contributed by atoms with van der Waals surface area (Å²) in [4.78, 5) is 10.9. The molecule has 2 heteroatoms. The molecule has 0 aromatic rings. The monoisotopic (exact) mass is 222 g/mol. The van der Waals surface area contributed by atoms with Crippen LogP contribution in [-0.4, -0.2) is 5.97 Å². The van der Waals surface area contributed by atoms with Crippen molar-refractivity contribution in [3.8, 4) is 0 Å². The highest BCUT2D eigenvalue weighted by atomic mass is 16.5. The predicted molar refractivity (Wildman–Crippen MR) is 65.9 cm³/mol. The van der Waals surface area contributed by atoms with Crippen molar-refractivity contribution in [3.63, 3.8) is 0 Å². The smallest absolute Gasteiger partial charge is 0.308 e. The van der Waals surface area contributed by atoms with Crippen molar-refractivity contribution in [2.45, 2.75) is 59.3 Å². The van der Waals surface area contributed by atoms with E-state index in [0.717, 1.165) is 18.6 Å². The number of hydrogen-bond acceptors (Lipinski definition) is 2. The van der Waals surface area contributed by atoms with E-state index in [9.17, 15) is 4.79 Å². The standard InChI is InChI=1S/C14H22O2/c1-4-5-6-7-8-13-9-11(2)14(10-13)16-12(3)15/h10H,4-9H2,1-3H3.